The van der Waals surface area contributed by atoms with Crippen molar-refractivity contribution in [3.63, 3.8) is 0 Å². The van der Waals surface area contributed by atoms with Gasteiger partial charge in [0.25, 0.3) is 0 Å². The molecule has 0 spiro atoms. The first kappa shape index (κ1) is 15.1. The van der Waals surface area contributed by atoms with Gasteiger partial charge < -0.3 is 10.0 Å². The monoisotopic (exact) mass is 279 g/mol. The minimum Gasteiger partial charge on any atom is -0.481 e. The zero-order valence-corrected chi connectivity index (χ0v) is 12.7. The summed E-state index contributed by atoms with van der Waals surface area (Å²) in [7, 11) is 1.81. The van der Waals surface area contributed by atoms with Gasteiger partial charge in [-0.25, -0.2) is 0 Å². The molecule has 4 nitrogen and oxygen atoms in total. The number of aliphatic carboxylic acids is 1. The molecule has 5 atom stereocenters. The van der Waals surface area contributed by atoms with E-state index >= 15 is 0 Å². The number of carbonyl (C=O) groups is 2. The van der Waals surface area contributed by atoms with Gasteiger partial charge in [0.05, 0.1) is 11.8 Å². The van der Waals surface area contributed by atoms with Gasteiger partial charge in [-0.15, -0.1) is 0 Å². The summed E-state index contributed by atoms with van der Waals surface area (Å²) in [4.78, 5) is 25.9. The Bertz CT molecular complexity index is 429. The van der Waals surface area contributed by atoms with E-state index in [1.807, 2.05) is 26.1 Å². The molecule has 1 fully saturated rings. The van der Waals surface area contributed by atoms with E-state index in [4.69, 9.17) is 0 Å². The Hall–Kier alpha value is -1.32. The lowest BCUT2D eigenvalue weighted by Crippen LogP contribution is -2.45. The molecule has 1 N–H and O–H groups in total. The van der Waals surface area contributed by atoms with Crippen molar-refractivity contribution in [2.24, 2.45) is 29.6 Å². The fraction of sp³-hybridized carbons (Fsp3) is 0.750. The molecule has 3 unspecified atom stereocenters. The number of nitrogens with zero attached hydrogens (tertiary/aromatic N) is 1. The summed E-state index contributed by atoms with van der Waals surface area (Å²) in [5.41, 5.74) is 0. The van der Waals surface area contributed by atoms with Crippen molar-refractivity contribution in [2.45, 2.75) is 39.7 Å². The Morgan fingerprint density at radius 3 is 2.25 bits per heavy atom. The van der Waals surface area contributed by atoms with Crippen LogP contribution in [0.25, 0.3) is 0 Å². The highest BCUT2D eigenvalue weighted by Crippen LogP contribution is 2.48. The normalized spacial score (nSPS) is 32.6. The lowest BCUT2D eigenvalue weighted by atomic mass is 9.82. The summed E-state index contributed by atoms with van der Waals surface area (Å²) >= 11 is 0. The second kappa shape index (κ2) is 5.58. The van der Waals surface area contributed by atoms with Gasteiger partial charge in [0.2, 0.25) is 5.91 Å². The molecule has 0 aliphatic heterocycles. The van der Waals surface area contributed by atoms with Crippen LogP contribution in [0, 0.1) is 29.6 Å². The third kappa shape index (κ3) is 2.60. The number of hydrogen-bond acceptors (Lipinski definition) is 2. The Kier molecular flexibility index (Phi) is 4.21. The van der Waals surface area contributed by atoms with Crippen molar-refractivity contribution >= 4 is 11.9 Å². The van der Waals surface area contributed by atoms with Crippen LogP contribution in [0.2, 0.25) is 0 Å². The quantitative estimate of drug-likeness (QED) is 0.786. The number of fused-ring (bicyclic) bond motifs is 2. The van der Waals surface area contributed by atoms with E-state index in [0.29, 0.717) is 5.92 Å². The Balaban J connectivity index is 2.12. The summed E-state index contributed by atoms with van der Waals surface area (Å²) in [6.45, 7) is 6.31. The first-order chi connectivity index (χ1) is 9.32. The molecular formula is C16H25NO3. The molecule has 0 aromatic rings. The number of carboxylic acid groups (broad SMARTS) is 1. The fourth-order valence-electron chi connectivity index (χ4n) is 3.79. The van der Waals surface area contributed by atoms with E-state index in [1.54, 1.807) is 4.90 Å². The average molecular weight is 279 g/mol. The zero-order valence-electron chi connectivity index (χ0n) is 12.7. The number of carboxylic acids is 1. The Morgan fingerprint density at radius 2 is 1.75 bits per heavy atom. The van der Waals surface area contributed by atoms with Gasteiger partial charge in [0, 0.05) is 13.1 Å². The number of allylic oxidation sites excluding steroid dienone is 2. The van der Waals surface area contributed by atoms with Gasteiger partial charge in [-0.3, -0.25) is 9.59 Å². The molecule has 1 saturated carbocycles. The van der Waals surface area contributed by atoms with Crippen LogP contribution in [0.1, 0.15) is 33.6 Å². The lowest BCUT2D eigenvalue weighted by molar-refractivity contribution is -0.151. The van der Waals surface area contributed by atoms with E-state index in [2.05, 4.69) is 13.8 Å². The summed E-state index contributed by atoms with van der Waals surface area (Å²) in [5, 5.41) is 9.42. The maximum Gasteiger partial charge on any atom is 0.307 e. The van der Waals surface area contributed by atoms with E-state index in [0.717, 1.165) is 12.8 Å². The molecule has 112 valence electrons. The van der Waals surface area contributed by atoms with Gasteiger partial charge in [-0.2, -0.15) is 0 Å². The van der Waals surface area contributed by atoms with Gasteiger partial charge >= 0.3 is 5.97 Å². The fourth-order valence-corrected chi connectivity index (χ4v) is 3.79. The smallest absolute Gasteiger partial charge is 0.307 e. The average Bonchev–Trinajstić information content (AvgIpc) is 2.95. The number of hydrogen-bond donors (Lipinski definition) is 1. The molecule has 0 radical (unpaired) electrons. The van der Waals surface area contributed by atoms with Gasteiger partial charge in [0.1, 0.15) is 0 Å². The van der Waals surface area contributed by atoms with E-state index in [-0.39, 0.29) is 29.7 Å². The van der Waals surface area contributed by atoms with Crippen molar-refractivity contribution in [3.8, 4) is 0 Å². The number of amides is 1. The molecule has 2 aliphatic rings. The summed E-state index contributed by atoms with van der Waals surface area (Å²) in [6.07, 6.45) is 5.77. The number of rotatable bonds is 5. The Labute approximate surface area is 120 Å². The third-order valence-electron chi connectivity index (χ3n) is 4.85. The number of carbonyl (C=O) groups excluding carboxylic acids is 1. The van der Waals surface area contributed by atoms with Gasteiger partial charge in [0.15, 0.2) is 0 Å². The molecule has 0 aromatic heterocycles. The minimum atomic E-state index is -0.829. The maximum atomic E-state index is 12.7. The predicted octanol–water partition coefficient (Wildman–Crippen LogP) is 2.40. The van der Waals surface area contributed by atoms with Crippen LogP contribution in [0.5, 0.6) is 0 Å². The van der Waals surface area contributed by atoms with E-state index in [9.17, 15) is 14.7 Å². The van der Waals surface area contributed by atoms with Crippen LogP contribution in [-0.2, 0) is 9.59 Å². The molecule has 2 rings (SSSR count). The van der Waals surface area contributed by atoms with Crippen molar-refractivity contribution in [3.05, 3.63) is 12.2 Å². The largest absolute Gasteiger partial charge is 0.481 e. The molecular weight excluding hydrogens is 254 g/mol. The molecule has 0 heterocycles. The van der Waals surface area contributed by atoms with Gasteiger partial charge in [-0.1, -0.05) is 26.0 Å². The topological polar surface area (TPSA) is 57.6 Å². The van der Waals surface area contributed by atoms with Crippen LogP contribution in [0.3, 0.4) is 0 Å². The summed E-state index contributed by atoms with van der Waals surface area (Å²) in [5.74, 6) is -1.06. The molecule has 1 amide bonds. The van der Waals surface area contributed by atoms with Crippen LogP contribution >= 0.6 is 0 Å². The molecule has 4 heteroatoms. The second-order valence-corrected chi connectivity index (χ2v) is 6.77. The van der Waals surface area contributed by atoms with Crippen molar-refractivity contribution in [1.29, 1.82) is 0 Å². The zero-order chi connectivity index (χ0) is 15.0. The van der Waals surface area contributed by atoms with Crippen LogP contribution in [0.4, 0.5) is 0 Å². The van der Waals surface area contributed by atoms with Crippen molar-refractivity contribution < 1.29 is 14.7 Å². The third-order valence-corrected chi connectivity index (χ3v) is 4.85. The summed E-state index contributed by atoms with van der Waals surface area (Å²) < 4.78 is 0. The maximum absolute atomic E-state index is 12.7. The lowest BCUT2D eigenvalue weighted by Gasteiger charge is -2.32. The minimum absolute atomic E-state index is 0.00222. The summed E-state index contributed by atoms with van der Waals surface area (Å²) in [6, 6.07) is 0.153. The van der Waals surface area contributed by atoms with Crippen molar-refractivity contribution in [2.75, 3.05) is 7.05 Å². The van der Waals surface area contributed by atoms with Crippen LogP contribution in [-0.4, -0.2) is 35.0 Å². The highest BCUT2D eigenvalue weighted by Gasteiger charge is 2.52. The van der Waals surface area contributed by atoms with Crippen LogP contribution in [0.15, 0.2) is 12.2 Å². The molecule has 2 aliphatic carbocycles. The molecule has 20 heavy (non-hydrogen) atoms. The molecule has 2 bridgehead atoms. The van der Waals surface area contributed by atoms with Crippen LogP contribution < -0.4 is 0 Å². The molecule has 0 aromatic carbocycles. The first-order valence-electron chi connectivity index (χ1n) is 7.50. The first-order valence-corrected chi connectivity index (χ1v) is 7.50. The second-order valence-electron chi connectivity index (χ2n) is 6.77. The van der Waals surface area contributed by atoms with E-state index < -0.39 is 11.9 Å². The Morgan fingerprint density at radius 1 is 1.20 bits per heavy atom. The van der Waals surface area contributed by atoms with Gasteiger partial charge in [-0.05, 0) is 37.5 Å². The highest BCUT2D eigenvalue weighted by atomic mass is 16.4. The predicted molar refractivity (Wildman–Crippen MR) is 77.0 cm³/mol. The highest BCUT2D eigenvalue weighted by molar-refractivity contribution is 5.87. The van der Waals surface area contributed by atoms with E-state index in [1.165, 1.54) is 0 Å². The SMILES string of the molecule is CC(C)CC(C)N(C)C(=O)[C@H]1C2C=CC(C2)[C@H]1C(=O)O. The standard InChI is InChI=1S/C16H25NO3/c1-9(2)7-10(3)17(4)15(18)13-11-5-6-12(8-11)14(13)16(19)20/h5-6,9-14H,7-8H2,1-4H3,(H,19,20)/t10?,11?,12?,13-,14+/m0/s1. The van der Waals surface area contributed by atoms with Crippen molar-refractivity contribution in [1.82, 2.24) is 4.90 Å². The molecule has 0 saturated heterocycles.